The van der Waals surface area contributed by atoms with Gasteiger partial charge in [-0.3, -0.25) is 10.1 Å². The number of nitrogens with one attached hydrogen (secondary N) is 1. The molecule has 0 aliphatic carbocycles. The SMILES string of the molecule is Cn1cncc1C(=O)Nc1ncc(C#CCN)s1. The van der Waals surface area contributed by atoms with Crippen molar-refractivity contribution in [2.45, 2.75) is 0 Å². The van der Waals surface area contributed by atoms with Crippen molar-refractivity contribution >= 4 is 22.4 Å². The smallest absolute Gasteiger partial charge is 0.275 e. The molecule has 0 atom stereocenters. The van der Waals surface area contributed by atoms with Gasteiger partial charge in [0.15, 0.2) is 5.13 Å². The lowest BCUT2D eigenvalue weighted by molar-refractivity contribution is 0.101. The molecule has 7 heteroatoms. The van der Waals surface area contributed by atoms with Crippen LogP contribution in [0.2, 0.25) is 0 Å². The second-order valence-corrected chi connectivity index (χ2v) is 4.41. The standard InChI is InChI=1S/C11H11N5OS/c1-16-7-13-6-9(16)10(17)15-11-14-5-8(18-11)3-2-4-12/h5-7H,4,12H2,1H3,(H,14,15,17). The molecule has 0 aliphatic rings. The number of thiazole rings is 1. The maximum Gasteiger partial charge on any atom is 0.275 e. The summed E-state index contributed by atoms with van der Waals surface area (Å²) in [6.07, 6.45) is 4.67. The molecule has 2 heterocycles. The number of amides is 1. The highest BCUT2D eigenvalue weighted by Crippen LogP contribution is 2.17. The summed E-state index contributed by atoms with van der Waals surface area (Å²) < 4.78 is 1.64. The van der Waals surface area contributed by atoms with Crippen LogP contribution >= 0.6 is 11.3 Å². The molecule has 3 N–H and O–H groups in total. The summed E-state index contributed by atoms with van der Waals surface area (Å²) in [5.74, 6) is 5.34. The number of hydrogen-bond acceptors (Lipinski definition) is 5. The lowest BCUT2D eigenvalue weighted by Gasteiger charge is -2.00. The van der Waals surface area contributed by atoms with E-state index in [9.17, 15) is 4.79 Å². The van der Waals surface area contributed by atoms with Crippen molar-refractivity contribution in [1.82, 2.24) is 14.5 Å². The molecule has 0 radical (unpaired) electrons. The number of imidazole rings is 1. The van der Waals surface area contributed by atoms with Gasteiger partial charge < -0.3 is 10.3 Å². The first-order valence-corrected chi connectivity index (χ1v) is 5.95. The first-order chi connectivity index (χ1) is 8.70. The number of nitrogens with zero attached hydrogens (tertiary/aromatic N) is 3. The van der Waals surface area contributed by atoms with Gasteiger partial charge in [-0.25, -0.2) is 9.97 Å². The molecule has 0 fully saturated rings. The first-order valence-electron chi connectivity index (χ1n) is 5.13. The summed E-state index contributed by atoms with van der Waals surface area (Å²) in [5.41, 5.74) is 5.75. The van der Waals surface area contributed by atoms with Crippen molar-refractivity contribution in [2.24, 2.45) is 12.8 Å². The number of rotatable bonds is 2. The number of carbonyl (C=O) groups is 1. The predicted molar refractivity (Wildman–Crippen MR) is 69.2 cm³/mol. The van der Waals surface area contributed by atoms with Crippen LogP contribution in [0.5, 0.6) is 0 Å². The van der Waals surface area contributed by atoms with Crippen molar-refractivity contribution in [3.8, 4) is 11.8 Å². The Morgan fingerprint density at radius 2 is 2.44 bits per heavy atom. The van der Waals surface area contributed by atoms with E-state index >= 15 is 0 Å². The molecule has 0 saturated carbocycles. The third kappa shape index (κ3) is 2.74. The quantitative estimate of drug-likeness (QED) is 0.768. The Kier molecular flexibility index (Phi) is 3.72. The van der Waals surface area contributed by atoms with Gasteiger partial charge in [0.1, 0.15) is 5.69 Å². The number of aromatic nitrogens is 3. The second kappa shape index (κ2) is 5.44. The molecule has 2 rings (SSSR count). The molecule has 0 bridgehead atoms. The van der Waals surface area contributed by atoms with E-state index in [0.29, 0.717) is 17.4 Å². The summed E-state index contributed by atoms with van der Waals surface area (Å²) in [5, 5.41) is 3.19. The van der Waals surface area contributed by atoms with Crippen molar-refractivity contribution < 1.29 is 4.79 Å². The van der Waals surface area contributed by atoms with E-state index < -0.39 is 0 Å². The highest BCUT2D eigenvalue weighted by atomic mass is 32.1. The monoisotopic (exact) mass is 261 g/mol. The molecule has 1 amide bonds. The molecule has 2 aromatic heterocycles. The minimum absolute atomic E-state index is 0.248. The van der Waals surface area contributed by atoms with Gasteiger partial charge in [0, 0.05) is 7.05 Å². The van der Waals surface area contributed by atoms with Crippen LogP contribution in [0.4, 0.5) is 5.13 Å². The van der Waals surface area contributed by atoms with Crippen molar-refractivity contribution in [3.05, 3.63) is 29.3 Å². The molecule has 6 nitrogen and oxygen atoms in total. The van der Waals surface area contributed by atoms with E-state index in [1.165, 1.54) is 17.5 Å². The molecule has 92 valence electrons. The van der Waals surface area contributed by atoms with Crippen LogP contribution in [0.25, 0.3) is 0 Å². The van der Waals surface area contributed by atoms with Crippen LogP contribution in [0, 0.1) is 11.8 Å². The lowest BCUT2D eigenvalue weighted by Crippen LogP contribution is -2.14. The fourth-order valence-corrected chi connectivity index (χ4v) is 1.95. The zero-order chi connectivity index (χ0) is 13.0. The highest BCUT2D eigenvalue weighted by Gasteiger charge is 2.11. The van der Waals surface area contributed by atoms with Crippen LogP contribution < -0.4 is 11.1 Å². The summed E-state index contributed by atoms with van der Waals surface area (Å²) in [7, 11) is 1.75. The van der Waals surface area contributed by atoms with Gasteiger partial charge in [-0.15, -0.1) is 0 Å². The lowest BCUT2D eigenvalue weighted by atomic mass is 10.4. The van der Waals surface area contributed by atoms with Gasteiger partial charge in [0.25, 0.3) is 5.91 Å². The van der Waals surface area contributed by atoms with Gasteiger partial charge >= 0.3 is 0 Å². The van der Waals surface area contributed by atoms with Gasteiger partial charge in [-0.05, 0) is 0 Å². The van der Waals surface area contributed by atoms with Gasteiger partial charge in [-0.1, -0.05) is 23.2 Å². The largest absolute Gasteiger partial charge is 0.330 e. The van der Waals surface area contributed by atoms with Crippen LogP contribution in [-0.4, -0.2) is 27.0 Å². The molecule has 0 spiro atoms. The van der Waals surface area contributed by atoms with Crippen LogP contribution in [-0.2, 0) is 7.05 Å². The first kappa shape index (κ1) is 12.3. The third-order valence-corrected chi connectivity index (χ3v) is 2.92. The molecular weight excluding hydrogens is 250 g/mol. The molecule has 0 aliphatic heterocycles. The summed E-state index contributed by atoms with van der Waals surface area (Å²) in [6.45, 7) is 0.300. The summed E-state index contributed by atoms with van der Waals surface area (Å²) >= 11 is 1.30. The maximum absolute atomic E-state index is 11.9. The number of aryl methyl sites for hydroxylation is 1. The highest BCUT2D eigenvalue weighted by molar-refractivity contribution is 7.16. The Bertz CT molecular complexity index is 619. The number of carbonyl (C=O) groups excluding carboxylic acids is 1. The Hall–Kier alpha value is -2.17. The summed E-state index contributed by atoms with van der Waals surface area (Å²) in [6, 6.07) is 0. The van der Waals surface area contributed by atoms with Crippen LogP contribution in [0.1, 0.15) is 15.4 Å². The van der Waals surface area contributed by atoms with Crippen molar-refractivity contribution in [2.75, 3.05) is 11.9 Å². The molecule has 0 saturated heterocycles. The minimum Gasteiger partial charge on any atom is -0.330 e. The second-order valence-electron chi connectivity index (χ2n) is 3.38. The molecule has 0 unspecified atom stereocenters. The van der Waals surface area contributed by atoms with Gasteiger partial charge in [-0.2, -0.15) is 0 Å². The molecular formula is C11H11N5OS. The number of nitrogens with two attached hydrogens (primary N) is 1. The summed E-state index contributed by atoms with van der Waals surface area (Å²) in [4.78, 5) is 20.6. The Labute approximate surface area is 108 Å². The van der Waals surface area contributed by atoms with Crippen LogP contribution in [0.15, 0.2) is 18.7 Å². The third-order valence-electron chi connectivity index (χ3n) is 2.09. The normalized spacial score (nSPS) is 9.67. The van der Waals surface area contributed by atoms with E-state index in [1.807, 2.05) is 0 Å². The Morgan fingerprint density at radius 3 is 3.11 bits per heavy atom. The van der Waals surface area contributed by atoms with E-state index in [-0.39, 0.29) is 5.91 Å². The zero-order valence-corrected chi connectivity index (χ0v) is 10.5. The Morgan fingerprint density at radius 1 is 1.61 bits per heavy atom. The zero-order valence-electron chi connectivity index (χ0n) is 9.67. The van der Waals surface area contributed by atoms with E-state index in [4.69, 9.17) is 5.73 Å². The van der Waals surface area contributed by atoms with Crippen LogP contribution in [0.3, 0.4) is 0 Å². The van der Waals surface area contributed by atoms with E-state index in [1.54, 1.807) is 24.1 Å². The molecule has 2 aromatic rings. The fraction of sp³-hybridized carbons (Fsp3) is 0.182. The molecule has 18 heavy (non-hydrogen) atoms. The number of anilines is 1. The minimum atomic E-state index is -0.248. The average molecular weight is 261 g/mol. The molecule has 0 aromatic carbocycles. The Balaban J connectivity index is 2.08. The maximum atomic E-state index is 11.9. The fourth-order valence-electron chi connectivity index (χ4n) is 1.26. The topological polar surface area (TPSA) is 85.8 Å². The van der Waals surface area contributed by atoms with E-state index in [0.717, 1.165) is 4.88 Å². The van der Waals surface area contributed by atoms with Crippen molar-refractivity contribution in [3.63, 3.8) is 0 Å². The van der Waals surface area contributed by atoms with Crippen molar-refractivity contribution in [1.29, 1.82) is 0 Å². The van der Waals surface area contributed by atoms with E-state index in [2.05, 4.69) is 27.1 Å². The van der Waals surface area contributed by atoms with Gasteiger partial charge in [0.2, 0.25) is 0 Å². The van der Waals surface area contributed by atoms with Gasteiger partial charge in [0.05, 0.1) is 30.1 Å². The average Bonchev–Trinajstić information content (AvgIpc) is 2.95. The number of hydrogen-bond donors (Lipinski definition) is 2. The predicted octanol–water partition coefficient (Wildman–Crippen LogP) is 0.439.